The highest BCUT2D eigenvalue weighted by molar-refractivity contribution is 7.89. The van der Waals surface area contributed by atoms with Crippen molar-refractivity contribution in [2.75, 3.05) is 38.2 Å². The third kappa shape index (κ3) is 5.68. The summed E-state index contributed by atoms with van der Waals surface area (Å²) >= 11 is 1.27. The second-order valence-electron chi connectivity index (χ2n) is 7.57. The van der Waals surface area contributed by atoms with Gasteiger partial charge in [0.2, 0.25) is 10.0 Å². The van der Waals surface area contributed by atoms with Crippen molar-refractivity contribution in [3.8, 4) is 11.3 Å². The predicted molar refractivity (Wildman–Crippen MR) is 127 cm³/mol. The molecule has 11 heteroatoms. The maximum absolute atomic E-state index is 12.7. The summed E-state index contributed by atoms with van der Waals surface area (Å²) in [5, 5.41) is 4.84. The number of benzene rings is 2. The monoisotopic (exact) mass is 501 g/mol. The van der Waals surface area contributed by atoms with Gasteiger partial charge in [-0.25, -0.2) is 18.2 Å². The molecule has 0 radical (unpaired) electrons. The number of amides is 1. The third-order valence-electron chi connectivity index (χ3n) is 5.13. The number of ether oxygens (including phenoxy) is 2. The zero-order valence-electron chi connectivity index (χ0n) is 18.4. The SMILES string of the molecule is Cc1ccc(-c2csc(NC(=O)COC(=O)c3ccc(S(=O)(=O)N4CCOCC4)cc3)n2)cc1. The van der Waals surface area contributed by atoms with Crippen LogP contribution >= 0.6 is 11.3 Å². The number of aromatic nitrogens is 1. The molecule has 1 N–H and O–H groups in total. The van der Waals surface area contributed by atoms with Crippen LogP contribution in [0.5, 0.6) is 0 Å². The van der Waals surface area contributed by atoms with Crippen molar-refractivity contribution in [3.05, 3.63) is 65.0 Å². The maximum atomic E-state index is 12.7. The number of morpholine rings is 1. The van der Waals surface area contributed by atoms with E-state index in [2.05, 4.69) is 10.3 Å². The maximum Gasteiger partial charge on any atom is 0.338 e. The van der Waals surface area contributed by atoms with E-state index in [0.29, 0.717) is 18.3 Å². The Labute approximate surface area is 201 Å². The van der Waals surface area contributed by atoms with Crippen molar-refractivity contribution in [3.63, 3.8) is 0 Å². The topological polar surface area (TPSA) is 115 Å². The first-order valence-corrected chi connectivity index (χ1v) is 12.8. The van der Waals surface area contributed by atoms with Gasteiger partial charge >= 0.3 is 5.97 Å². The molecular formula is C23H23N3O6S2. The summed E-state index contributed by atoms with van der Waals surface area (Å²) in [6.07, 6.45) is 0. The molecule has 1 aromatic heterocycles. The molecule has 2 heterocycles. The van der Waals surface area contributed by atoms with Crippen molar-refractivity contribution in [2.45, 2.75) is 11.8 Å². The zero-order chi connectivity index (χ0) is 24.1. The molecule has 9 nitrogen and oxygen atoms in total. The summed E-state index contributed by atoms with van der Waals surface area (Å²) in [5.41, 5.74) is 2.96. The van der Waals surface area contributed by atoms with Gasteiger partial charge in [0.25, 0.3) is 5.91 Å². The molecule has 1 fully saturated rings. The molecule has 0 spiro atoms. The Hall–Kier alpha value is -3.12. The predicted octanol–water partition coefficient (Wildman–Crippen LogP) is 2.93. The second kappa shape index (κ2) is 10.4. The van der Waals surface area contributed by atoms with Crippen LogP contribution in [0.3, 0.4) is 0 Å². The number of esters is 1. The van der Waals surface area contributed by atoms with Gasteiger partial charge in [-0.2, -0.15) is 4.31 Å². The number of anilines is 1. The van der Waals surface area contributed by atoms with E-state index in [1.807, 2.05) is 36.6 Å². The number of carbonyl (C=O) groups is 2. The Morgan fingerprint density at radius 3 is 2.44 bits per heavy atom. The number of nitrogens with one attached hydrogen (secondary N) is 1. The van der Waals surface area contributed by atoms with E-state index in [-0.39, 0.29) is 23.5 Å². The van der Waals surface area contributed by atoms with Crippen LogP contribution in [-0.4, -0.2) is 62.5 Å². The Morgan fingerprint density at radius 1 is 1.09 bits per heavy atom. The van der Waals surface area contributed by atoms with E-state index < -0.39 is 28.5 Å². The van der Waals surface area contributed by atoms with Gasteiger partial charge in [0, 0.05) is 24.0 Å². The zero-order valence-corrected chi connectivity index (χ0v) is 20.0. The molecular weight excluding hydrogens is 478 g/mol. The second-order valence-corrected chi connectivity index (χ2v) is 10.4. The summed E-state index contributed by atoms with van der Waals surface area (Å²) in [5.74, 6) is -1.25. The van der Waals surface area contributed by atoms with Crippen LogP contribution in [0.15, 0.2) is 58.8 Å². The smallest absolute Gasteiger partial charge is 0.338 e. The highest BCUT2D eigenvalue weighted by atomic mass is 32.2. The molecule has 0 unspecified atom stereocenters. The molecule has 178 valence electrons. The van der Waals surface area contributed by atoms with Gasteiger partial charge < -0.3 is 9.47 Å². The minimum Gasteiger partial charge on any atom is -0.452 e. The Balaban J connectivity index is 1.30. The van der Waals surface area contributed by atoms with Crippen LogP contribution in [0.25, 0.3) is 11.3 Å². The van der Waals surface area contributed by atoms with Gasteiger partial charge in [-0.05, 0) is 31.2 Å². The highest BCUT2D eigenvalue weighted by Gasteiger charge is 2.26. The van der Waals surface area contributed by atoms with Crippen molar-refractivity contribution < 1.29 is 27.5 Å². The lowest BCUT2D eigenvalue weighted by Crippen LogP contribution is -2.40. The number of nitrogens with zero attached hydrogens (tertiary/aromatic N) is 2. The largest absolute Gasteiger partial charge is 0.452 e. The summed E-state index contributed by atoms with van der Waals surface area (Å²) < 4.78 is 36.9. The lowest BCUT2D eigenvalue weighted by Gasteiger charge is -2.26. The van der Waals surface area contributed by atoms with E-state index in [1.165, 1.54) is 39.9 Å². The lowest BCUT2D eigenvalue weighted by molar-refractivity contribution is -0.119. The summed E-state index contributed by atoms with van der Waals surface area (Å²) in [6, 6.07) is 13.3. The summed E-state index contributed by atoms with van der Waals surface area (Å²) in [4.78, 5) is 28.9. The quantitative estimate of drug-likeness (QED) is 0.495. The first-order valence-electron chi connectivity index (χ1n) is 10.5. The van der Waals surface area contributed by atoms with E-state index in [9.17, 15) is 18.0 Å². The Kier molecular flexibility index (Phi) is 7.37. The first kappa shape index (κ1) is 24.0. The molecule has 1 amide bonds. The summed E-state index contributed by atoms with van der Waals surface area (Å²) in [6.45, 7) is 2.77. The van der Waals surface area contributed by atoms with E-state index in [1.54, 1.807) is 0 Å². The number of hydrogen-bond donors (Lipinski definition) is 1. The highest BCUT2D eigenvalue weighted by Crippen LogP contribution is 2.25. The fraction of sp³-hybridized carbons (Fsp3) is 0.261. The number of rotatable bonds is 7. The number of carbonyl (C=O) groups excluding carboxylic acids is 2. The number of thiazole rings is 1. The van der Waals surface area contributed by atoms with E-state index >= 15 is 0 Å². The molecule has 0 atom stereocenters. The van der Waals surface area contributed by atoms with Crippen molar-refractivity contribution in [1.29, 1.82) is 0 Å². The minimum atomic E-state index is -3.65. The van der Waals surface area contributed by atoms with Gasteiger partial charge in [0.05, 0.1) is 29.4 Å². The molecule has 3 aromatic rings. The van der Waals surface area contributed by atoms with Gasteiger partial charge in [-0.15, -0.1) is 11.3 Å². The Bertz CT molecular complexity index is 1260. The van der Waals surface area contributed by atoms with Crippen LogP contribution in [0, 0.1) is 6.92 Å². The molecule has 4 rings (SSSR count). The molecule has 0 bridgehead atoms. The molecule has 1 aliphatic heterocycles. The normalized spacial score (nSPS) is 14.5. The van der Waals surface area contributed by atoms with Crippen LogP contribution < -0.4 is 5.32 Å². The fourth-order valence-corrected chi connectivity index (χ4v) is 5.40. The van der Waals surface area contributed by atoms with Crippen LogP contribution in [0.4, 0.5) is 5.13 Å². The molecule has 0 aliphatic carbocycles. The van der Waals surface area contributed by atoms with Gasteiger partial charge in [0.1, 0.15) is 0 Å². The average Bonchev–Trinajstić information content (AvgIpc) is 3.32. The lowest BCUT2D eigenvalue weighted by atomic mass is 10.1. The average molecular weight is 502 g/mol. The van der Waals surface area contributed by atoms with Crippen LogP contribution in [0.1, 0.15) is 15.9 Å². The summed E-state index contributed by atoms with van der Waals surface area (Å²) in [7, 11) is -3.65. The van der Waals surface area contributed by atoms with Crippen LogP contribution in [0.2, 0.25) is 0 Å². The fourth-order valence-electron chi connectivity index (χ4n) is 3.26. The molecule has 1 saturated heterocycles. The standard InChI is InChI=1S/C23H23N3O6S2/c1-16-2-4-17(5-3-16)20-15-33-23(24-20)25-21(27)14-32-22(28)18-6-8-19(9-7-18)34(29,30)26-10-12-31-13-11-26/h2-9,15H,10-14H2,1H3,(H,24,25,27). The minimum absolute atomic E-state index is 0.0804. The van der Waals surface area contributed by atoms with Gasteiger partial charge in [0.15, 0.2) is 11.7 Å². The molecule has 0 saturated carbocycles. The van der Waals surface area contributed by atoms with Crippen molar-refractivity contribution in [2.24, 2.45) is 0 Å². The Morgan fingerprint density at radius 2 is 1.76 bits per heavy atom. The van der Waals surface area contributed by atoms with Gasteiger partial charge in [-0.1, -0.05) is 29.8 Å². The molecule has 34 heavy (non-hydrogen) atoms. The van der Waals surface area contributed by atoms with Gasteiger partial charge in [-0.3, -0.25) is 10.1 Å². The number of sulfonamides is 1. The molecule has 1 aliphatic rings. The van der Waals surface area contributed by atoms with Crippen LogP contribution in [-0.2, 0) is 24.3 Å². The first-order chi connectivity index (χ1) is 16.3. The van der Waals surface area contributed by atoms with E-state index in [0.717, 1.165) is 16.8 Å². The number of hydrogen-bond acceptors (Lipinski definition) is 8. The molecule has 2 aromatic carbocycles. The van der Waals surface area contributed by atoms with E-state index in [4.69, 9.17) is 9.47 Å². The van der Waals surface area contributed by atoms with Crippen molar-refractivity contribution >= 4 is 38.4 Å². The third-order valence-corrected chi connectivity index (χ3v) is 7.80. The number of aryl methyl sites for hydroxylation is 1. The van der Waals surface area contributed by atoms with Crippen molar-refractivity contribution in [1.82, 2.24) is 9.29 Å².